The molecule has 0 aliphatic carbocycles. The number of nitrogens with one attached hydrogen (secondary N) is 6. The summed E-state index contributed by atoms with van der Waals surface area (Å²) < 4.78 is 33.0. The fourth-order valence-electron chi connectivity index (χ4n) is 12.6. The summed E-state index contributed by atoms with van der Waals surface area (Å²) in [4.78, 5) is 170. The van der Waals surface area contributed by atoms with Crippen LogP contribution in [0.1, 0.15) is 201 Å². The first kappa shape index (κ1) is 94.2. The monoisotopic (exact) mass is 1610 g/mol. The first-order valence-electron chi connectivity index (χ1n) is 39.7. The molecule has 6 amide bonds. The SMILES string of the molecule is CCOc1ccc(COC(=O)[C@H](CSC(c2ccccc2)(c2ccccc2)c2ccccc2)NC(=O)[C@H](CC(=O)OC(C)(C)C)CC(=O)[C@H](CCC(=O)[C@H](Cc2ccccc2)NC(=O)[C@@H](CC(=O)CCCNC(=O)CC[C@H](NC(=O)N[C@H](C)CCC(=O)OC(C)(C)C)C(=O)OC(C)(C)C)Cc2ccccc2)NC(=O)OC(C)(C)C)cc1. The highest BCUT2D eigenvalue weighted by Crippen LogP contribution is 2.49. The van der Waals surface area contributed by atoms with Crippen molar-refractivity contribution in [2.75, 3.05) is 18.9 Å². The zero-order valence-corrected chi connectivity index (χ0v) is 70.4. The number of carbonyl (C=O) groups is 12. The molecule has 0 aromatic heterocycles. The molecule has 6 N–H and O–H groups in total. The van der Waals surface area contributed by atoms with Crippen LogP contribution in [0.15, 0.2) is 176 Å². The van der Waals surface area contributed by atoms with Crippen molar-refractivity contribution in [1.29, 1.82) is 0 Å². The van der Waals surface area contributed by atoms with Crippen molar-refractivity contribution < 1.29 is 86.0 Å². The van der Waals surface area contributed by atoms with Crippen LogP contribution in [0, 0.1) is 11.8 Å². The van der Waals surface area contributed by atoms with Gasteiger partial charge in [-0.2, -0.15) is 0 Å². The van der Waals surface area contributed by atoms with E-state index in [1.165, 1.54) is 11.8 Å². The number of thioether (sulfide) groups is 1. The molecule has 7 atom stereocenters. The van der Waals surface area contributed by atoms with E-state index >= 15 is 14.4 Å². The van der Waals surface area contributed by atoms with E-state index in [2.05, 4.69) is 31.9 Å². The Morgan fingerprint density at radius 2 is 0.905 bits per heavy atom. The Kier molecular flexibility index (Phi) is 37.0. The molecule has 0 aliphatic heterocycles. The van der Waals surface area contributed by atoms with Gasteiger partial charge in [-0.1, -0.05) is 164 Å². The standard InChI is InChI=1S/C91H118N6O18S/c1-15-110-71-46-44-64(45-47-71)59-111-83(106)75(60-116-91(67-36-25-18-26-37-67,68-38-27-19-28-39-68)69-40-29-20-30-41-69)95-82(105)66(58-80(103)113-88(6,7)8)57-77(100)72(97-86(109)115-90(12,13)14)48-50-76(99)74(55-63-34-23-17-24-35-63)94-81(104)65(54-62-32-21-16-22-33-62)56-70(98)42-31-53-92-78(101)51-49-73(84(107)114-89(9,10)11)96-85(108)93-61(2)43-52-79(102)112-87(3,4)5/h16-30,32-41,44-47,61,65-66,72-75H,15,31,42-43,48-60H2,1-14H3,(H,92,101)(H,94,104)(H,95,105)(H,97,109)(H2,93,96,108)/t61-,65-,66+,72+,73+,74+,75+/m1/s1. The first-order chi connectivity index (χ1) is 54.8. The number of urea groups is 1. The summed E-state index contributed by atoms with van der Waals surface area (Å²) >= 11 is 1.37. The number of carbonyl (C=O) groups excluding carboxylic acids is 12. The van der Waals surface area contributed by atoms with Gasteiger partial charge in [-0.05, 0) is 181 Å². The predicted molar refractivity (Wildman–Crippen MR) is 445 cm³/mol. The Hall–Kier alpha value is -10.7. The summed E-state index contributed by atoms with van der Waals surface area (Å²) in [5.41, 5.74) is 0.857. The zero-order valence-electron chi connectivity index (χ0n) is 69.6. The van der Waals surface area contributed by atoms with Crippen LogP contribution < -0.4 is 36.6 Å². The minimum atomic E-state index is -1.56. The summed E-state index contributed by atoms with van der Waals surface area (Å²) in [7, 11) is 0. The maximum Gasteiger partial charge on any atom is 0.408 e. The van der Waals surface area contributed by atoms with E-state index in [1.807, 2.05) is 97.9 Å². The third-order valence-corrected chi connectivity index (χ3v) is 19.6. The van der Waals surface area contributed by atoms with Gasteiger partial charge in [0.1, 0.15) is 52.6 Å². The van der Waals surface area contributed by atoms with Crippen molar-refractivity contribution in [1.82, 2.24) is 31.9 Å². The highest BCUT2D eigenvalue weighted by Gasteiger charge is 2.41. The quantitative estimate of drug-likeness (QED) is 0.00895. The molecule has 24 nitrogen and oxygen atoms in total. The molecule has 0 radical (unpaired) electrons. The van der Waals surface area contributed by atoms with E-state index in [0.717, 1.165) is 22.3 Å². The van der Waals surface area contributed by atoms with Crippen LogP contribution >= 0.6 is 11.8 Å². The largest absolute Gasteiger partial charge is 0.494 e. The van der Waals surface area contributed by atoms with Crippen LogP contribution in [-0.4, -0.2) is 143 Å². The van der Waals surface area contributed by atoms with Crippen molar-refractivity contribution in [3.05, 3.63) is 209 Å². The fraction of sp³-hybridized carbons (Fsp3) is 0.473. The first-order valence-corrected chi connectivity index (χ1v) is 40.7. The van der Waals surface area contributed by atoms with E-state index in [4.69, 9.17) is 28.4 Å². The second-order valence-corrected chi connectivity index (χ2v) is 34.0. The van der Waals surface area contributed by atoms with Crippen LogP contribution in [0.4, 0.5) is 9.59 Å². The van der Waals surface area contributed by atoms with Crippen molar-refractivity contribution >= 4 is 82.8 Å². The molecule has 0 heterocycles. The number of alkyl carbamates (subject to hydrolysis) is 1. The third kappa shape index (κ3) is 34.4. The lowest BCUT2D eigenvalue weighted by Gasteiger charge is -2.36. The molecule has 0 saturated carbocycles. The fourth-order valence-corrected chi connectivity index (χ4v) is 14.2. The van der Waals surface area contributed by atoms with Gasteiger partial charge in [0, 0.05) is 62.8 Å². The van der Waals surface area contributed by atoms with Gasteiger partial charge in [0.15, 0.2) is 11.6 Å². The maximum absolute atomic E-state index is 15.4. The minimum absolute atomic E-state index is 0.0308. The second kappa shape index (κ2) is 45.6. The minimum Gasteiger partial charge on any atom is -0.494 e. The molecule has 626 valence electrons. The van der Waals surface area contributed by atoms with Crippen LogP contribution in [0.5, 0.6) is 5.75 Å². The van der Waals surface area contributed by atoms with Gasteiger partial charge in [-0.25, -0.2) is 19.2 Å². The molecule has 0 bridgehead atoms. The summed E-state index contributed by atoms with van der Waals surface area (Å²) in [6.07, 6.45) is -3.41. The lowest BCUT2D eigenvalue weighted by molar-refractivity contribution is -0.158. The molecule has 0 saturated heterocycles. The number of hydrogen-bond acceptors (Lipinski definition) is 19. The molecule has 6 aromatic rings. The number of benzene rings is 6. The average Bonchev–Trinajstić information content (AvgIpc) is 0.742. The van der Waals surface area contributed by atoms with Gasteiger partial charge in [-0.3, -0.25) is 38.4 Å². The van der Waals surface area contributed by atoms with Crippen LogP contribution in [0.2, 0.25) is 0 Å². The van der Waals surface area contributed by atoms with E-state index in [-0.39, 0.29) is 82.5 Å². The number of hydrogen-bond donors (Lipinski definition) is 6. The van der Waals surface area contributed by atoms with Gasteiger partial charge in [0.25, 0.3) is 0 Å². The molecule has 25 heteroatoms. The molecule has 0 fully saturated rings. The van der Waals surface area contributed by atoms with E-state index in [0.29, 0.717) is 23.5 Å². The summed E-state index contributed by atoms with van der Waals surface area (Å²) in [5.74, 6) is -8.62. The Morgan fingerprint density at radius 1 is 0.414 bits per heavy atom. The Balaban J connectivity index is 1.23. The van der Waals surface area contributed by atoms with E-state index < -0.39 is 160 Å². The predicted octanol–water partition coefficient (Wildman–Crippen LogP) is 13.6. The Labute approximate surface area is 687 Å². The van der Waals surface area contributed by atoms with E-state index in [9.17, 15) is 43.2 Å². The average molecular weight is 1620 g/mol. The van der Waals surface area contributed by atoms with Gasteiger partial charge in [0.2, 0.25) is 17.7 Å². The van der Waals surface area contributed by atoms with Crippen molar-refractivity contribution in [3.63, 3.8) is 0 Å². The third-order valence-electron chi connectivity index (χ3n) is 18.0. The molecule has 6 rings (SSSR count). The highest BCUT2D eigenvalue weighted by atomic mass is 32.2. The highest BCUT2D eigenvalue weighted by molar-refractivity contribution is 8.00. The number of Topliss-reactive ketones (excluding diaryl/α,β-unsaturated/α-hetero) is 3. The number of ether oxygens (including phenoxy) is 6. The number of esters is 4. The molecule has 6 aromatic carbocycles. The molecule has 116 heavy (non-hydrogen) atoms. The lowest BCUT2D eigenvalue weighted by atomic mass is 9.84. The summed E-state index contributed by atoms with van der Waals surface area (Å²) in [6.45, 7) is 23.9. The molecule has 0 unspecified atom stereocenters. The Bertz CT molecular complexity index is 4080. The summed E-state index contributed by atoms with van der Waals surface area (Å²) in [5, 5.41) is 16.5. The van der Waals surface area contributed by atoms with Crippen molar-refractivity contribution in [2.45, 2.75) is 244 Å². The van der Waals surface area contributed by atoms with Gasteiger partial charge >= 0.3 is 36.0 Å². The van der Waals surface area contributed by atoms with Gasteiger partial charge in [0.05, 0.1) is 35.8 Å². The van der Waals surface area contributed by atoms with Crippen molar-refractivity contribution in [2.24, 2.45) is 11.8 Å². The summed E-state index contributed by atoms with van der Waals surface area (Å²) in [6, 6.07) is 47.3. The second-order valence-electron chi connectivity index (χ2n) is 32.8. The van der Waals surface area contributed by atoms with Gasteiger partial charge < -0.3 is 60.3 Å². The molecule has 0 aliphatic rings. The number of ketones is 3. The number of rotatable bonds is 44. The normalized spacial score (nSPS) is 13.5. The van der Waals surface area contributed by atoms with Crippen LogP contribution in [0.3, 0.4) is 0 Å². The molecular weight excluding hydrogens is 1500 g/mol. The molecular formula is C91H118N6O18S. The maximum atomic E-state index is 15.4. The van der Waals surface area contributed by atoms with Gasteiger partial charge in [-0.15, -0.1) is 11.8 Å². The van der Waals surface area contributed by atoms with Crippen LogP contribution in [-0.2, 0) is 95.8 Å². The number of amides is 6. The Morgan fingerprint density at radius 3 is 1.43 bits per heavy atom. The van der Waals surface area contributed by atoms with E-state index in [1.54, 1.807) is 175 Å². The smallest absolute Gasteiger partial charge is 0.408 e. The zero-order chi connectivity index (χ0) is 85.2. The molecule has 0 spiro atoms. The topological polar surface area (TPSA) is 332 Å². The lowest BCUT2D eigenvalue weighted by Crippen LogP contribution is -2.50. The van der Waals surface area contributed by atoms with Crippen molar-refractivity contribution in [3.8, 4) is 5.75 Å². The van der Waals surface area contributed by atoms with Crippen LogP contribution in [0.25, 0.3) is 0 Å².